The lowest BCUT2D eigenvalue weighted by atomic mass is 9.99. The van der Waals surface area contributed by atoms with Crippen LogP contribution in [0, 0.1) is 0 Å². The number of carbonyl (C=O) groups is 1. The average molecular weight is 441 g/mol. The monoisotopic (exact) mass is 440 g/mol. The van der Waals surface area contributed by atoms with Crippen molar-refractivity contribution in [3.05, 3.63) is 70.8 Å². The van der Waals surface area contributed by atoms with E-state index in [1.165, 1.54) is 6.92 Å². The van der Waals surface area contributed by atoms with Gasteiger partial charge in [-0.1, -0.05) is 48.5 Å². The number of aliphatic hydroxyl groups excluding tert-OH is 1. The molecule has 0 aliphatic carbocycles. The van der Waals surface area contributed by atoms with Crippen molar-refractivity contribution >= 4 is 5.91 Å². The summed E-state index contributed by atoms with van der Waals surface area (Å²) in [5.74, 6) is -0.0472. The van der Waals surface area contributed by atoms with E-state index >= 15 is 0 Å². The summed E-state index contributed by atoms with van der Waals surface area (Å²) in [5.41, 5.74) is 3.96. The summed E-state index contributed by atoms with van der Waals surface area (Å²) < 4.78 is 18.3. The van der Waals surface area contributed by atoms with Gasteiger partial charge in [0.1, 0.15) is 0 Å². The zero-order valence-electron chi connectivity index (χ0n) is 18.5. The smallest absolute Gasteiger partial charge is 0.217 e. The minimum Gasteiger partial charge on any atom is -0.392 e. The minimum atomic E-state index is -0.466. The molecule has 3 atom stereocenters. The van der Waals surface area contributed by atoms with Gasteiger partial charge in [-0.05, 0) is 16.7 Å². The van der Waals surface area contributed by atoms with Gasteiger partial charge >= 0.3 is 0 Å². The van der Waals surface area contributed by atoms with E-state index in [0.717, 1.165) is 61.5 Å². The molecule has 0 spiro atoms. The number of hydrogen-bond acceptors (Lipinski definition) is 6. The molecule has 32 heavy (non-hydrogen) atoms. The van der Waals surface area contributed by atoms with Gasteiger partial charge in [-0.25, -0.2) is 0 Å². The summed E-state index contributed by atoms with van der Waals surface area (Å²) in [6.45, 7) is 6.24. The Morgan fingerprint density at radius 2 is 1.66 bits per heavy atom. The van der Waals surface area contributed by atoms with Crippen LogP contribution in [0.15, 0.2) is 48.5 Å². The highest BCUT2D eigenvalue weighted by Gasteiger charge is 2.33. The first-order valence-electron chi connectivity index (χ1n) is 11.2. The van der Waals surface area contributed by atoms with Crippen molar-refractivity contribution in [3.63, 3.8) is 0 Å². The van der Waals surface area contributed by atoms with Gasteiger partial charge in [0.25, 0.3) is 0 Å². The molecule has 2 heterocycles. The molecule has 2 fully saturated rings. The SMILES string of the molecule is CC(=O)NCc1ccc([C@H]2O[C@@H](CN3CCOCC3)C[C@@H](c3ccc(CO)cc3)O2)cc1. The van der Waals surface area contributed by atoms with E-state index in [2.05, 4.69) is 10.2 Å². The summed E-state index contributed by atoms with van der Waals surface area (Å²) in [5, 5.41) is 12.2. The van der Waals surface area contributed by atoms with E-state index in [0.29, 0.717) is 6.54 Å². The molecule has 4 rings (SSSR count). The Kier molecular flexibility index (Phi) is 7.89. The molecular weight excluding hydrogens is 408 g/mol. The van der Waals surface area contributed by atoms with Crippen LogP contribution in [-0.2, 0) is 32.2 Å². The van der Waals surface area contributed by atoms with Crippen molar-refractivity contribution in [1.82, 2.24) is 10.2 Å². The molecule has 7 heteroatoms. The van der Waals surface area contributed by atoms with Crippen LogP contribution in [-0.4, -0.2) is 54.9 Å². The highest BCUT2D eigenvalue weighted by molar-refractivity contribution is 5.72. The Morgan fingerprint density at radius 1 is 1.00 bits per heavy atom. The Hall–Kier alpha value is -2.29. The Balaban J connectivity index is 1.49. The maximum Gasteiger partial charge on any atom is 0.217 e. The van der Waals surface area contributed by atoms with E-state index < -0.39 is 6.29 Å². The van der Waals surface area contributed by atoms with Crippen LogP contribution in [0.1, 0.15) is 48.0 Å². The van der Waals surface area contributed by atoms with Crippen molar-refractivity contribution < 1.29 is 24.1 Å². The highest BCUT2D eigenvalue weighted by Crippen LogP contribution is 2.38. The number of amides is 1. The minimum absolute atomic E-state index is 0.0298. The molecule has 7 nitrogen and oxygen atoms in total. The largest absolute Gasteiger partial charge is 0.392 e. The molecule has 2 aromatic carbocycles. The van der Waals surface area contributed by atoms with Gasteiger partial charge in [0.05, 0.1) is 32.0 Å². The maximum atomic E-state index is 11.2. The lowest BCUT2D eigenvalue weighted by Crippen LogP contribution is -2.44. The first-order valence-corrected chi connectivity index (χ1v) is 11.2. The molecule has 2 saturated heterocycles. The van der Waals surface area contributed by atoms with Crippen LogP contribution >= 0.6 is 0 Å². The second-order valence-corrected chi connectivity index (χ2v) is 8.41. The molecule has 0 aromatic heterocycles. The Morgan fingerprint density at radius 3 is 2.31 bits per heavy atom. The summed E-state index contributed by atoms with van der Waals surface area (Å²) >= 11 is 0. The normalized spacial score (nSPS) is 24.2. The van der Waals surface area contributed by atoms with E-state index in [4.69, 9.17) is 14.2 Å². The topological polar surface area (TPSA) is 80.3 Å². The second kappa shape index (κ2) is 11.0. The second-order valence-electron chi connectivity index (χ2n) is 8.41. The number of carbonyl (C=O) groups excluding carboxylic acids is 1. The number of ether oxygens (including phenoxy) is 3. The van der Waals surface area contributed by atoms with Crippen molar-refractivity contribution in [2.75, 3.05) is 32.8 Å². The third-order valence-electron chi connectivity index (χ3n) is 5.97. The molecule has 2 aromatic rings. The Bertz CT molecular complexity index is 865. The number of aliphatic hydroxyl groups is 1. The first kappa shape index (κ1) is 22.9. The molecule has 2 N–H and O–H groups in total. The number of hydrogen-bond donors (Lipinski definition) is 2. The Labute approximate surface area is 189 Å². The summed E-state index contributed by atoms with van der Waals surface area (Å²) in [7, 11) is 0. The molecule has 0 bridgehead atoms. The van der Waals surface area contributed by atoms with Gasteiger partial charge < -0.3 is 24.6 Å². The van der Waals surface area contributed by atoms with E-state index in [-0.39, 0.29) is 24.7 Å². The van der Waals surface area contributed by atoms with Crippen LogP contribution in [0.4, 0.5) is 0 Å². The van der Waals surface area contributed by atoms with Crippen LogP contribution in [0.5, 0.6) is 0 Å². The maximum absolute atomic E-state index is 11.2. The number of rotatable bonds is 7. The number of nitrogens with zero attached hydrogens (tertiary/aromatic N) is 1. The van der Waals surface area contributed by atoms with Gasteiger partial charge in [-0.3, -0.25) is 9.69 Å². The van der Waals surface area contributed by atoms with Crippen molar-refractivity contribution in [3.8, 4) is 0 Å². The van der Waals surface area contributed by atoms with E-state index in [1.807, 2.05) is 48.5 Å². The first-order chi connectivity index (χ1) is 15.6. The standard InChI is InChI=1S/C25H32N2O5/c1-18(29)26-15-19-2-8-22(9-3-19)25-31-23(16-27-10-12-30-13-11-27)14-24(32-25)21-6-4-20(17-28)5-7-21/h2-9,23-25,28H,10-17H2,1H3,(H,26,29)/t23-,24+,25+/m1/s1. The quantitative estimate of drug-likeness (QED) is 0.689. The van der Waals surface area contributed by atoms with Gasteiger partial charge in [-0.2, -0.15) is 0 Å². The molecule has 1 amide bonds. The summed E-state index contributed by atoms with van der Waals surface area (Å²) in [4.78, 5) is 13.6. The predicted octanol–water partition coefficient (Wildman–Crippen LogP) is 2.69. The van der Waals surface area contributed by atoms with Crippen LogP contribution in [0.2, 0.25) is 0 Å². The van der Waals surface area contributed by atoms with Crippen molar-refractivity contribution in [1.29, 1.82) is 0 Å². The van der Waals surface area contributed by atoms with Crippen LogP contribution in [0.3, 0.4) is 0 Å². The average Bonchev–Trinajstić information content (AvgIpc) is 2.83. The summed E-state index contributed by atoms with van der Waals surface area (Å²) in [6.07, 6.45) is 0.250. The van der Waals surface area contributed by atoms with Crippen LogP contribution < -0.4 is 5.32 Å². The molecule has 0 unspecified atom stereocenters. The third kappa shape index (κ3) is 6.15. The zero-order valence-corrected chi connectivity index (χ0v) is 18.5. The highest BCUT2D eigenvalue weighted by atomic mass is 16.7. The molecular formula is C25H32N2O5. The molecule has 0 saturated carbocycles. The van der Waals surface area contributed by atoms with Gasteiger partial charge in [0.2, 0.25) is 5.91 Å². The van der Waals surface area contributed by atoms with Gasteiger partial charge in [0.15, 0.2) is 6.29 Å². The fraction of sp³-hybridized carbons (Fsp3) is 0.480. The fourth-order valence-corrected chi connectivity index (χ4v) is 4.12. The lowest BCUT2D eigenvalue weighted by molar-refractivity contribution is -0.253. The number of nitrogens with one attached hydrogen (secondary N) is 1. The molecule has 0 radical (unpaired) electrons. The van der Waals surface area contributed by atoms with Crippen molar-refractivity contribution in [2.45, 2.75) is 45.0 Å². The summed E-state index contributed by atoms with van der Waals surface area (Å²) in [6, 6.07) is 15.9. The van der Waals surface area contributed by atoms with Gasteiger partial charge in [-0.15, -0.1) is 0 Å². The zero-order chi connectivity index (χ0) is 22.3. The van der Waals surface area contributed by atoms with Crippen LogP contribution in [0.25, 0.3) is 0 Å². The molecule has 2 aliphatic rings. The third-order valence-corrected chi connectivity index (χ3v) is 5.97. The molecule has 172 valence electrons. The van der Waals surface area contributed by atoms with Crippen molar-refractivity contribution in [2.24, 2.45) is 0 Å². The van der Waals surface area contributed by atoms with Gasteiger partial charge in [0, 0.05) is 45.1 Å². The predicted molar refractivity (Wildman–Crippen MR) is 120 cm³/mol. The fourth-order valence-electron chi connectivity index (χ4n) is 4.12. The lowest BCUT2D eigenvalue weighted by Gasteiger charge is -2.39. The van der Waals surface area contributed by atoms with E-state index in [9.17, 15) is 9.90 Å². The number of benzene rings is 2. The van der Waals surface area contributed by atoms with E-state index in [1.54, 1.807) is 0 Å². The number of morpholine rings is 1. The molecule has 2 aliphatic heterocycles.